The summed E-state index contributed by atoms with van der Waals surface area (Å²) in [5, 5.41) is 0.411. The highest BCUT2D eigenvalue weighted by molar-refractivity contribution is 6.32. The van der Waals surface area contributed by atoms with Crippen LogP contribution >= 0.6 is 11.6 Å². The van der Waals surface area contributed by atoms with Gasteiger partial charge < -0.3 is 9.47 Å². The lowest BCUT2D eigenvalue weighted by molar-refractivity contribution is 0.396. The maximum absolute atomic E-state index is 6.86. The SMILES string of the molecule is [C-]#[N+]c1cc(Cl)c(OC)cc1OC. The predicted molar refractivity (Wildman–Crippen MR) is 50.8 cm³/mol. The average Bonchev–Trinajstić information content (AvgIpc) is 2.17. The number of ether oxygens (including phenoxy) is 2. The third-order valence-corrected chi connectivity index (χ3v) is 1.87. The van der Waals surface area contributed by atoms with Crippen molar-refractivity contribution in [3.05, 3.63) is 28.6 Å². The number of benzene rings is 1. The van der Waals surface area contributed by atoms with Crippen LogP contribution < -0.4 is 9.47 Å². The first-order valence-corrected chi connectivity index (χ1v) is 3.89. The van der Waals surface area contributed by atoms with Crippen LogP contribution in [0, 0.1) is 6.57 Å². The molecule has 0 saturated heterocycles. The van der Waals surface area contributed by atoms with Crippen LogP contribution in [-0.2, 0) is 0 Å². The topological polar surface area (TPSA) is 22.8 Å². The van der Waals surface area contributed by atoms with Gasteiger partial charge in [-0.3, -0.25) is 0 Å². The Morgan fingerprint density at radius 3 is 2.31 bits per heavy atom. The minimum absolute atomic E-state index is 0.383. The van der Waals surface area contributed by atoms with Crippen molar-refractivity contribution in [3.63, 3.8) is 0 Å². The second kappa shape index (κ2) is 4.01. The number of halogens is 1. The van der Waals surface area contributed by atoms with Gasteiger partial charge in [-0.1, -0.05) is 11.6 Å². The summed E-state index contributed by atoms with van der Waals surface area (Å²) in [6.45, 7) is 6.86. The van der Waals surface area contributed by atoms with Crippen molar-refractivity contribution < 1.29 is 9.47 Å². The van der Waals surface area contributed by atoms with Gasteiger partial charge in [-0.2, -0.15) is 0 Å². The van der Waals surface area contributed by atoms with Crippen LogP contribution in [0.15, 0.2) is 12.1 Å². The zero-order chi connectivity index (χ0) is 9.84. The molecule has 0 fully saturated rings. The van der Waals surface area contributed by atoms with Gasteiger partial charge in [0.05, 0.1) is 25.8 Å². The number of methoxy groups -OCH3 is 2. The van der Waals surface area contributed by atoms with Crippen LogP contribution in [0.25, 0.3) is 4.85 Å². The molecular weight excluding hydrogens is 190 g/mol. The van der Waals surface area contributed by atoms with Gasteiger partial charge in [-0.05, 0) is 6.07 Å². The van der Waals surface area contributed by atoms with Gasteiger partial charge in [0.1, 0.15) is 11.5 Å². The summed E-state index contributed by atoms with van der Waals surface area (Å²) in [4.78, 5) is 3.26. The summed E-state index contributed by atoms with van der Waals surface area (Å²) >= 11 is 5.81. The quantitative estimate of drug-likeness (QED) is 0.681. The van der Waals surface area contributed by atoms with E-state index in [2.05, 4.69) is 4.85 Å². The molecular formula is C9H8ClNO2. The third-order valence-electron chi connectivity index (χ3n) is 1.57. The lowest BCUT2D eigenvalue weighted by Gasteiger charge is -2.07. The highest BCUT2D eigenvalue weighted by Crippen LogP contribution is 2.37. The Morgan fingerprint density at radius 1 is 1.23 bits per heavy atom. The van der Waals surface area contributed by atoms with E-state index in [9.17, 15) is 0 Å². The van der Waals surface area contributed by atoms with Crippen LogP contribution in [0.1, 0.15) is 0 Å². The van der Waals surface area contributed by atoms with Crippen molar-refractivity contribution in [1.82, 2.24) is 0 Å². The summed E-state index contributed by atoms with van der Waals surface area (Å²) < 4.78 is 9.95. The maximum atomic E-state index is 6.86. The van der Waals surface area contributed by atoms with Crippen molar-refractivity contribution in [2.45, 2.75) is 0 Å². The molecule has 0 saturated carbocycles. The Balaban J connectivity index is 3.28. The molecule has 1 aromatic rings. The van der Waals surface area contributed by atoms with Crippen LogP contribution in [-0.4, -0.2) is 14.2 Å². The molecule has 4 heteroatoms. The lowest BCUT2D eigenvalue weighted by Crippen LogP contribution is -1.87. The Kier molecular flexibility index (Phi) is 2.99. The van der Waals surface area contributed by atoms with Gasteiger partial charge in [-0.15, -0.1) is 0 Å². The molecule has 0 aromatic heterocycles. The van der Waals surface area contributed by atoms with Gasteiger partial charge in [0.15, 0.2) is 0 Å². The fourth-order valence-corrected chi connectivity index (χ4v) is 1.17. The highest BCUT2D eigenvalue weighted by atomic mass is 35.5. The van der Waals surface area contributed by atoms with Crippen molar-refractivity contribution in [1.29, 1.82) is 0 Å². The van der Waals surface area contributed by atoms with E-state index in [0.717, 1.165) is 0 Å². The van der Waals surface area contributed by atoms with Gasteiger partial charge in [-0.25, -0.2) is 4.85 Å². The summed E-state index contributed by atoms with van der Waals surface area (Å²) in [5.74, 6) is 0.974. The van der Waals surface area contributed by atoms with E-state index in [1.165, 1.54) is 20.3 Å². The van der Waals surface area contributed by atoms with E-state index < -0.39 is 0 Å². The van der Waals surface area contributed by atoms with E-state index in [4.69, 9.17) is 27.6 Å². The number of hydrogen-bond acceptors (Lipinski definition) is 2. The Labute approximate surface area is 81.7 Å². The zero-order valence-corrected chi connectivity index (χ0v) is 8.05. The molecule has 0 N–H and O–H groups in total. The fourth-order valence-electron chi connectivity index (χ4n) is 0.932. The summed E-state index contributed by atoms with van der Waals surface area (Å²) in [6, 6.07) is 3.11. The van der Waals surface area contributed by atoms with Gasteiger partial charge in [0, 0.05) is 6.07 Å². The molecule has 0 spiro atoms. The molecule has 1 rings (SSSR count). The summed E-state index contributed by atoms with van der Waals surface area (Å²) in [5.41, 5.74) is 0.383. The first kappa shape index (κ1) is 9.69. The Hall–Kier alpha value is -1.40. The van der Waals surface area contributed by atoms with Crippen LogP contribution in [0.5, 0.6) is 11.5 Å². The average molecular weight is 198 g/mol. The van der Waals surface area contributed by atoms with Crippen molar-refractivity contribution in [3.8, 4) is 11.5 Å². The van der Waals surface area contributed by atoms with Crippen molar-refractivity contribution in [2.75, 3.05) is 14.2 Å². The largest absolute Gasteiger partial charge is 0.508 e. The minimum atomic E-state index is 0.383. The van der Waals surface area contributed by atoms with Gasteiger partial charge in [0.2, 0.25) is 5.69 Å². The first-order valence-electron chi connectivity index (χ1n) is 3.52. The first-order chi connectivity index (χ1) is 6.22. The molecule has 13 heavy (non-hydrogen) atoms. The van der Waals surface area contributed by atoms with E-state index in [-0.39, 0.29) is 0 Å². The lowest BCUT2D eigenvalue weighted by atomic mass is 10.3. The molecule has 68 valence electrons. The smallest absolute Gasteiger partial charge is 0.229 e. The van der Waals surface area contributed by atoms with Crippen molar-refractivity contribution in [2.24, 2.45) is 0 Å². The fraction of sp³-hybridized carbons (Fsp3) is 0.222. The predicted octanol–water partition coefficient (Wildman–Crippen LogP) is 2.91. The Bertz CT molecular complexity index is 357. The molecule has 0 atom stereocenters. The monoisotopic (exact) mass is 197 g/mol. The van der Waals surface area contributed by atoms with Crippen LogP contribution in [0.3, 0.4) is 0 Å². The molecule has 0 heterocycles. The molecule has 0 amide bonds. The molecule has 3 nitrogen and oxygen atoms in total. The van der Waals surface area contributed by atoms with E-state index in [0.29, 0.717) is 22.2 Å². The molecule has 0 radical (unpaired) electrons. The van der Waals surface area contributed by atoms with E-state index in [1.807, 2.05) is 0 Å². The Morgan fingerprint density at radius 2 is 1.85 bits per heavy atom. The number of hydrogen-bond donors (Lipinski definition) is 0. The number of rotatable bonds is 2. The normalized spacial score (nSPS) is 9.08. The van der Waals surface area contributed by atoms with Crippen LogP contribution in [0.4, 0.5) is 5.69 Å². The molecule has 0 aliphatic carbocycles. The summed E-state index contributed by atoms with van der Waals surface area (Å²) in [7, 11) is 3.01. The van der Waals surface area contributed by atoms with Gasteiger partial charge in [0.25, 0.3) is 0 Å². The third kappa shape index (κ3) is 1.85. The standard InChI is InChI=1S/C9H8ClNO2/c1-11-7-4-6(10)8(12-2)5-9(7)13-3/h4-5H,2-3H3. The highest BCUT2D eigenvalue weighted by Gasteiger charge is 2.08. The number of nitrogens with zero attached hydrogens (tertiary/aromatic N) is 1. The maximum Gasteiger partial charge on any atom is 0.229 e. The second-order valence-electron chi connectivity index (χ2n) is 2.27. The van der Waals surface area contributed by atoms with Crippen LogP contribution in [0.2, 0.25) is 5.02 Å². The molecule has 0 aliphatic rings. The molecule has 1 aromatic carbocycles. The van der Waals surface area contributed by atoms with Gasteiger partial charge >= 0.3 is 0 Å². The van der Waals surface area contributed by atoms with E-state index >= 15 is 0 Å². The summed E-state index contributed by atoms with van der Waals surface area (Å²) in [6.07, 6.45) is 0. The molecule has 0 unspecified atom stereocenters. The van der Waals surface area contributed by atoms with Crippen molar-refractivity contribution >= 4 is 17.3 Å². The molecule has 0 bridgehead atoms. The molecule has 0 aliphatic heterocycles. The second-order valence-corrected chi connectivity index (χ2v) is 2.68. The zero-order valence-electron chi connectivity index (χ0n) is 7.30. The minimum Gasteiger partial charge on any atom is -0.508 e. The van der Waals surface area contributed by atoms with E-state index in [1.54, 1.807) is 6.07 Å².